The molecule has 1 aliphatic heterocycles. The van der Waals surface area contributed by atoms with E-state index in [4.69, 9.17) is 4.42 Å². The van der Waals surface area contributed by atoms with Gasteiger partial charge in [-0.15, -0.1) is 0 Å². The summed E-state index contributed by atoms with van der Waals surface area (Å²) in [6.45, 7) is 5.49. The third kappa shape index (κ3) is 3.17. The summed E-state index contributed by atoms with van der Waals surface area (Å²) in [6.07, 6.45) is 4.43. The molecule has 1 N–H and O–H groups in total. The predicted octanol–water partition coefficient (Wildman–Crippen LogP) is 1.94. The molecule has 0 spiro atoms. The van der Waals surface area contributed by atoms with Crippen LogP contribution in [0.2, 0.25) is 0 Å². The van der Waals surface area contributed by atoms with Crippen molar-refractivity contribution in [2.24, 2.45) is 13.0 Å². The lowest BCUT2D eigenvalue weighted by molar-refractivity contribution is -0.127. The van der Waals surface area contributed by atoms with Crippen molar-refractivity contribution in [1.29, 1.82) is 0 Å². The molecule has 6 nitrogen and oxygen atoms in total. The first-order chi connectivity index (χ1) is 11.0. The zero-order valence-corrected chi connectivity index (χ0v) is 14.2. The minimum Gasteiger partial charge on any atom is -0.466 e. The first-order valence-corrected chi connectivity index (χ1v) is 7.96. The molecule has 0 aromatic carbocycles. The Hall–Kier alpha value is -2.08. The number of hydrogen-bond donors (Lipinski definition) is 1. The Bertz CT molecular complexity index is 703. The van der Waals surface area contributed by atoms with E-state index >= 15 is 0 Å². The van der Waals surface area contributed by atoms with Crippen LogP contribution in [-0.4, -0.2) is 34.2 Å². The fraction of sp³-hybridized carbons (Fsp3) is 0.529. The molecule has 1 aliphatic rings. The summed E-state index contributed by atoms with van der Waals surface area (Å²) < 4.78 is 7.34. The molecule has 1 amide bonds. The molecular formula is C17H24N4O2. The SMILES string of the molecule is Cc1cc(CNC[C@@H]2CC(=O)N(C)[C@H]2c2cnn(C)c2)c(C)o1. The quantitative estimate of drug-likeness (QED) is 0.915. The van der Waals surface area contributed by atoms with Gasteiger partial charge in [-0.25, -0.2) is 0 Å². The van der Waals surface area contributed by atoms with E-state index in [2.05, 4.69) is 16.5 Å². The number of likely N-dealkylation sites (tertiary alicyclic amines) is 1. The minimum atomic E-state index is 0.0934. The van der Waals surface area contributed by atoms with Crippen LogP contribution in [0.15, 0.2) is 22.9 Å². The molecule has 3 heterocycles. The lowest BCUT2D eigenvalue weighted by Gasteiger charge is -2.24. The molecule has 6 heteroatoms. The van der Waals surface area contributed by atoms with Gasteiger partial charge in [0.25, 0.3) is 0 Å². The molecule has 0 radical (unpaired) electrons. The number of carbonyl (C=O) groups is 1. The lowest BCUT2D eigenvalue weighted by Crippen LogP contribution is -2.29. The summed E-state index contributed by atoms with van der Waals surface area (Å²) in [5.74, 6) is 2.34. The highest BCUT2D eigenvalue weighted by atomic mass is 16.3. The van der Waals surface area contributed by atoms with E-state index in [1.165, 1.54) is 5.56 Å². The average molecular weight is 316 g/mol. The van der Waals surface area contributed by atoms with Gasteiger partial charge in [-0.1, -0.05) is 0 Å². The fourth-order valence-corrected chi connectivity index (χ4v) is 3.47. The number of carbonyl (C=O) groups excluding carboxylic acids is 1. The average Bonchev–Trinajstić information content (AvgIpc) is 3.11. The topological polar surface area (TPSA) is 63.3 Å². The maximum atomic E-state index is 12.1. The van der Waals surface area contributed by atoms with Crippen molar-refractivity contribution >= 4 is 5.91 Å². The molecule has 0 aliphatic carbocycles. The van der Waals surface area contributed by atoms with Gasteiger partial charge in [0.2, 0.25) is 5.91 Å². The van der Waals surface area contributed by atoms with Crippen molar-refractivity contribution in [3.63, 3.8) is 0 Å². The number of aryl methyl sites for hydroxylation is 3. The van der Waals surface area contributed by atoms with Gasteiger partial charge < -0.3 is 14.6 Å². The van der Waals surface area contributed by atoms with Crippen molar-refractivity contribution in [2.45, 2.75) is 32.9 Å². The number of aromatic nitrogens is 2. The van der Waals surface area contributed by atoms with Crippen LogP contribution >= 0.6 is 0 Å². The number of nitrogens with one attached hydrogen (secondary N) is 1. The summed E-state index contributed by atoms with van der Waals surface area (Å²) in [7, 11) is 3.78. The standard InChI is InChI=1S/C17H24N4O2/c1-11-5-13(12(2)23-11)7-18-8-14-6-16(22)21(4)17(14)15-9-19-20(3)10-15/h5,9-10,14,17-18H,6-8H2,1-4H3/t14-,17+/m0/s1. The van der Waals surface area contributed by atoms with Crippen molar-refractivity contribution in [1.82, 2.24) is 20.0 Å². The van der Waals surface area contributed by atoms with Crippen LogP contribution in [0, 0.1) is 19.8 Å². The van der Waals surface area contributed by atoms with Gasteiger partial charge in [-0.3, -0.25) is 9.48 Å². The molecule has 2 aromatic rings. The van der Waals surface area contributed by atoms with Crippen molar-refractivity contribution in [3.8, 4) is 0 Å². The van der Waals surface area contributed by atoms with Gasteiger partial charge >= 0.3 is 0 Å². The first-order valence-electron chi connectivity index (χ1n) is 7.96. The third-order valence-electron chi connectivity index (χ3n) is 4.63. The Kier molecular flexibility index (Phi) is 4.26. The van der Waals surface area contributed by atoms with E-state index < -0.39 is 0 Å². The van der Waals surface area contributed by atoms with Crippen LogP contribution in [0.3, 0.4) is 0 Å². The highest BCUT2D eigenvalue weighted by Gasteiger charge is 2.38. The summed E-state index contributed by atoms with van der Waals surface area (Å²) in [6, 6.07) is 2.16. The van der Waals surface area contributed by atoms with Crippen LogP contribution in [0.5, 0.6) is 0 Å². The van der Waals surface area contributed by atoms with E-state index in [9.17, 15) is 4.79 Å². The number of hydrogen-bond acceptors (Lipinski definition) is 4. The highest BCUT2D eigenvalue weighted by molar-refractivity contribution is 5.79. The summed E-state index contributed by atoms with van der Waals surface area (Å²) in [5.41, 5.74) is 2.28. The van der Waals surface area contributed by atoms with Crippen LogP contribution in [0.1, 0.15) is 35.1 Å². The normalized spacial score (nSPS) is 21.4. The molecule has 1 saturated heterocycles. The smallest absolute Gasteiger partial charge is 0.223 e. The molecule has 2 aromatic heterocycles. The molecule has 0 saturated carbocycles. The van der Waals surface area contributed by atoms with Crippen LogP contribution < -0.4 is 5.32 Å². The number of rotatable bonds is 5. The minimum absolute atomic E-state index is 0.0934. The van der Waals surface area contributed by atoms with Crippen LogP contribution in [0.4, 0.5) is 0 Å². The zero-order valence-electron chi connectivity index (χ0n) is 14.2. The molecule has 124 valence electrons. The predicted molar refractivity (Wildman–Crippen MR) is 86.7 cm³/mol. The zero-order chi connectivity index (χ0) is 16.6. The van der Waals surface area contributed by atoms with E-state index in [1.54, 1.807) is 4.68 Å². The molecule has 3 rings (SSSR count). The fourth-order valence-electron chi connectivity index (χ4n) is 3.47. The number of nitrogens with zero attached hydrogens (tertiary/aromatic N) is 3. The van der Waals surface area contributed by atoms with Gasteiger partial charge in [0.1, 0.15) is 11.5 Å². The highest BCUT2D eigenvalue weighted by Crippen LogP contribution is 2.36. The van der Waals surface area contributed by atoms with Gasteiger partial charge in [0.05, 0.1) is 12.2 Å². The number of amides is 1. The van der Waals surface area contributed by atoms with E-state index in [0.29, 0.717) is 6.42 Å². The maximum Gasteiger partial charge on any atom is 0.223 e. The molecule has 0 unspecified atom stereocenters. The second-order valence-electron chi connectivity index (χ2n) is 6.43. The van der Waals surface area contributed by atoms with Crippen LogP contribution in [-0.2, 0) is 18.4 Å². The number of furan rings is 1. The maximum absolute atomic E-state index is 12.1. The molecule has 2 atom stereocenters. The summed E-state index contributed by atoms with van der Waals surface area (Å²) in [4.78, 5) is 14.0. The molecule has 0 bridgehead atoms. The Morgan fingerprint density at radius 2 is 2.17 bits per heavy atom. The monoisotopic (exact) mass is 316 g/mol. The Morgan fingerprint density at radius 1 is 1.39 bits per heavy atom. The summed E-state index contributed by atoms with van der Waals surface area (Å²) in [5, 5.41) is 7.72. The van der Waals surface area contributed by atoms with Crippen molar-refractivity contribution in [2.75, 3.05) is 13.6 Å². The first kappa shape index (κ1) is 15.8. The van der Waals surface area contributed by atoms with E-state index in [-0.39, 0.29) is 17.9 Å². The van der Waals surface area contributed by atoms with E-state index in [1.807, 2.05) is 45.2 Å². The lowest BCUT2D eigenvalue weighted by atomic mass is 9.95. The summed E-state index contributed by atoms with van der Waals surface area (Å²) >= 11 is 0. The van der Waals surface area contributed by atoms with Crippen molar-refractivity contribution < 1.29 is 9.21 Å². The van der Waals surface area contributed by atoms with Gasteiger partial charge in [0, 0.05) is 56.8 Å². The van der Waals surface area contributed by atoms with E-state index in [0.717, 1.165) is 30.2 Å². The van der Waals surface area contributed by atoms with Crippen molar-refractivity contribution in [3.05, 3.63) is 41.1 Å². The molecule has 23 heavy (non-hydrogen) atoms. The second kappa shape index (κ2) is 6.20. The van der Waals surface area contributed by atoms with Crippen LogP contribution in [0.25, 0.3) is 0 Å². The van der Waals surface area contributed by atoms with Gasteiger partial charge in [-0.2, -0.15) is 5.10 Å². The Balaban J connectivity index is 1.66. The Labute approximate surface area is 136 Å². The largest absolute Gasteiger partial charge is 0.466 e. The molecular weight excluding hydrogens is 292 g/mol. The van der Waals surface area contributed by atoms with Gasteiger partial charge in [0.15, 0.2) is 0 Å². The Morgan fingerprint density at radius 3 is 2.78 bits per heavy atom. The van der Waals surface area contributed by atoms with Gasteiger partial charge in [-0.05, 0) is 19.9 Å². The molecule has 1 fully saturated rings. The second-order valence-corrected chi connectivity index (χ2v) is 6.43. The third-order valence-corrected chi connectivity index (χ3v) is 4.63.